The Balaban J connectivity index is 1.02. The van der Waals surface area contributed by atoms with Gasteiger partial charge >= 0.3 is 0 Å². The van der Waals surface area contributed by atoms with Gasteiger partial charge in [0.15, 0.2) is 5.84 Å². The lowest BCUT2D eigenvalue weighted by Crippen LogP contribution is -2.41. The van der Waals surface area contributed by atoms with Gasteiger partial charge in [-0.05, 0) is 53.8 Å². The zero-order valence-corrected chi connectivity index (χ0v) is 25.1. The minimum Gasteiger partial charge on any atom is -0.394 e. The summed E-state index contributed by atoms with van der Waals surface area (Å²) >= 11 is 0. The van der Waals surface area contributed by atoms with Gasteiger partial charge in [0.1, 0.15) is 29.1 Å². The molecular formula is C33H30N8O5. The average Bonchev–Trinajstić information content (AvgIpc) is 3.74. The molecule has 0 saturated heterocycles. The molecule has 0 fully saturated rings. The molecule has 1 aromatic heterocycles. The summed E-state index contributed by atoms with van der Waals surface area (Å²) in [4.78, 5) is 69.6. The van der Waals surface area contributed by atoms with Crippen LogP contribution < -0.4 is 37.6 Å². The monoisotopic (exact) mass is 618 g/mol. The highest BCUT2D eigenvalue weighted by atomic mass is 16.7. The number of anilines is 3. The number of aliphatic imine (C=N–C) groups is 1. The zero-order chi connectivity index (χ0) is 32.3. The summed E-state index contributed by atoms with van der Waals surface area (Å²) in [5, 5.41) is 5.87. The molecule has 5 N–H and O–H groups in total. The molecule has 0 bridgehead atoms. The predicted octanol–water partition coefficient (Wildman–Crippen LogP) is 2.18. The number of carbonyl (C=O) groups excluding carboxylic acids is 2. The molecule has 2 amide bonds. The Kier molecular flexibility index (Phi) is 6.69. The van der Waals surface area contributed by atoms with Gasteiger partial charge in [-0.25, -0.2) is 15.4 Å². The maximum Gasteiger partial charge on any atom is 0.270 e. The van der Waals surface area contributed by atoms with E-state index in [1.807, 2.05) is 36.4 Å². The fourth-order valence-corrected chi connectivity index (χ4v) is 6.34. The third-order valence-corrected chi connectivity index (χ3v) is 8.71. The van der Waals surface area contributed by atoms with Gasteiger partial charge in [-0.2, -0.15) is 4.99 Å². The van der Waals surface area contributed by atoms with Crippen LogP contribution in [-0.2, 0) is 23.2 Å². The smallest absolute Gasteiger partial charge is 0.270 e. The van der Waals surface area contributed by atoms with Gasteiger partial charge in [0.25, 0.3) is 22.7 Å². The molecule has 1 aliphatic carbocycles. The number of hydroxylamine groups is 1. The Bertz CT molecular complexity index is 2080. The number of hydrogen-bond donors (Lipinski definition) is 4. The second-order valence-corrected chi connectivity index (χ2v) is 12.2. The number of hydrogen-bond acceptors (Lipinski definition) is 11. The van der Waals surface area contributed by atoms with Gasteiger partial charge in [0.2, 0.25) is 5.88 Å². The van der Waals surface area contributed by atoms with E-state index in [4.69, 9.17) is 10.6 Å². The first-order valence-electron chi connectivity index (χ1n) is 14.7. The zero-order valence-electron chi connectivity index (χ0n) is 25.1. The van der Waals surface area contributed by atoms with Gasteiger partial charge in [-0.3, -0.25) is 19.2 Å². The van der Waals surface area contributed by atoms with E-state index in [9.17, 15) is 19.2 Å². The van der Waals surface area contributed by atoms with Crippen molar-refractivity contribution in [1.82, 2.24) is 26.1 Å². The number of carbonyl (C=O) groups is 2. The quantitative estimate of drug-likeness (QED) is 0.224. The van der Waals surface area contributed by atoms with E-state index in [1.54, 1.807) is 4.90 Å². The van der Waals surface area contributed by atoms with E-state index in [0.717, 1.165) is 46.3 Å². The number of amides is 2. The molecule has 3 aromatic carbocycles. The first-order valence-corrected chi connectivity index (χ1v) is 14.7. The molecule has 13 nitrogen and oxygen atoms in total. The Morgan fingerprint density at radius 1 is 1.09 bits per heavy atom. The van der Waals surface area contributed by atoms with Crippen LogP contribution >= 0.6 is 0 Å². The standard InChI is InChI=1S/C33H30N8O5/c1-16-38-30(40-46-16)19-5-7-20-18(11-19)6-9-22(20)39-32(45)24-12-23(36-15-37-24)31(44)35-13-17-4-8-21-25(10-17)41(14-33(21,2)3)27-26(34)28(42)29(27)43/h4-5,7-8,10-12,15,22H,1,6,9,13-14,34H2,2-3H3,(H,35,44)(H,38,40)(H,39,45)/t22-/m0/s1. The van der Waals surface area contributed by atoms with Crippen LogP contribution in [0.25, 0.3) is 0 Å². The number of fused-ring (bicyclic) bond motifs is 2. The van der Waals surface area contributed by atoms with Crippen LogP contribution in [-0.4, -0.2) is 34.2 Å². The van der Waals surface area contributed by atoms with Gasteiger partial charge in [-0.1, -0.05) is 38.1 Å². The fourth-order valence-electron chi connectivity index (χ4n) is 6.34. The molecule has 7 rings (SSSR count). The number of rotatable bonds is 7. The Morgan fingerprint density at radius 3 is 2.61 bits per heavy atom. The Morgan fingerprint density at radius 2 is 1.87 bits per heavy atom. The number of nitrogens with one attached hydrogen (secondary N) is 3. The molecular weight excluding hydrogens is 588 g/mol. The number of nitrogen functional groups attached to an aromatic ring is 1. The summed E-state index contributed by atoms with van der Waals surface area (Å²) in [6.07, 6.45) is 2.68. The molecule has 0 unspecified atom stereocenters. The summed E-state index contributed by atoms with van der Waals surface area (Å²) in [6.45, 7) is 8.43. The Labute approximate surface area is 262 Å². The summed E-state index contributed by atoms with van der Waals surface area (Å²) in [5.74, 6) is -0.0118. The van der Waals surface area contributed by atoms with Crippen LogP contribution in [0.3, 0.4) is 0 Å². The molecule has 4 aromatic rings. The minimum absolute atomic E-state index is 0.0306. The number of aromatic nitrogens is 2. The first-order chi connectivity index (χ1) is 22.0. The molecule has 0 spiro atoms. The molecule has 0 saturated carbocycles. The van der Waals surface area contributed by atoms with Crippen molar-refractivity contribution in [2.24, 2.45) is 4.99 Å². The fraction of sp³-hybridized carbons (Fsp3) is 0.242. The lowest BCUT2D eigenvalue weighted by Gasteiger charge is -2.24. The van der Waals surface area contributed by atoms with E-state index in [2.05, 4.69) is 51.5 Å². The average molecular weight is 619 g/mol. The van der Waals surface area contributed by atoms with Crippen molar-refractivity contribution in [3.63, 3.8) is 0 Å². The lowest BCUT2D eigenvalue weighted by molar-refractivity contribution is 0.0931. The summed E-state index contributed by atoms with van der Waals surface area (Å²) in [7, 11) is 0. The van der Waals surface area contributed by atoms with Gasteiger partial charge < -0.3 is 26.1 Å². The topological polar surface area (TPSA) is 181 Å². The first kappa shape index (κ1) is 28.9. The number of nitrogens with two attached hydrogens (primary N) is 1. The highest BCUT2D eigenvalue weighted by Gasteiger charge is 2.39. The van der Waals surface area contributed by atoms with Crippen molar-refractivity contribution in [3.8, 4) is 0 Å². The minimum atomic E-state index is -0.666. The van der Waals surface area contributed by atoms with E-state index >= 15 is 0 Å². The van der Waals surface area contributed by atoms with Crippen LogP contribution in [0.1, 0.15) is 75.1 Å². The van der Waals surface area contributed by atoms with Gasteiger partial charge in [0, 0.05) is 35.8 Å². The van der Waals surface area contributed by atoms with Crippen LogP contribution in [0.4, 0.5) is 17.1 Å². The van der Waals surface area contributed by atoms with Crippen molar-refractivity contribution >= 4 is 34.7 Å². The maximum atomic E-state index is 13.2. The van der Waals surface area contributed by atoms with Crippen LogP contribution in [0.2, 0.25) is 0 Å². The van der Waals surface area contributed by atoms with Crippen molar-refractivity contribution in [3.05, 3.63) is 121 Å². The molecule has 2 aliphatic heterocycles. The summed E-state index contributed by atoms with van der Waals surface area (Å²) in [5.41, 5.74) is 12.9. The molecule has 3 aliphatic rings. The third kappa shape index (κ3) is 4.85. The van der Waals surface area contributed by atoms with E-state index in [1.165, 1.54) is 12.4 Å². The highest BCUT2D eigenvalue weighted by Crippen LogP contribution is 2.45. The molecule has 1 atom stereocenters. The largest absolute Gasteiger partial charge is 0.394 e. The van der Waals surface area contributed by atoms with Gasteiger partial charge in [0.05, 0.1) is 6.04 Å². The maximum absolute atomic E-state index is 13.2. The molecule has 13 heteroatoms. The van der Waals surface area contributed by atoms with Crippen LogP contribution in [0.5, 0.6) is 0 Å². The third-order valence-electron chi connectivity index (χ3n) is 8.71. The normalized spacial score (nSPS) is 17.6. The van der Waals surface area contributed by atoms with Crippen molar-refractivity contribution in [1.29, 1.82) is 0 Å². The second kappa shape index (κ2) is 10.6. The Hall–Kier alpha value is -5.85. The van der Waals surface area contributed by atoms with Crippen molar-refractivity contribution in [2.45, 2.75) is 44.7 Å². The SMILES string of the molecule is C=C1N=C(c2ccc3c(c2)CC[C@@H]3NC(=O)c2cc(C(=O)NCc3ccc4c(c3)N(c3c(N)c(=O)c3=O)CC4(C)C)ncn2)NO1. The molecule has 46 heavy (non-hydrogen) atoms. The number of benzene rings is 2. The number of nitrogens with zero attached hydrogens (tertiary/aromatic N) is 4. The van der Waals surface area contributed by atoms with Crippen LogP contribution in [0, 0.1) is 0 Å². The van der Waals surface area contributed by atoms with Gasteiger partial charge in [-0.15, -0.1) is 0 Å². The molecule has 0 radical (unpaired) electrons. The number of amidine groups is 1. The predicted molar refractivity (Wildman–Crippen MR) is 170 cm³/mol. The van der Waals surface area contributed by atoms with E-state index in [-0.39, 0.29) is 40.8 Å². The summed E-state index contributed by atoms with van der Waals surface area (Å²) in [6, 6.07) is 12.8. The van der Waals surface area contributed by atoms with Crippen molar-refractivity contribution < 1.29 is 14.4 Å². The second-order valence-electron chi connectivity index (χ2n) is 12.2. The summed E-state index contributed by atoms with van der Waals surface area (Å²) < 4.78 is 0. The van der Waals surface area contributed by atoms with Crippen LogP contribution in [0.15, 0.2) is 75.8 Å². The highest BCUT2D eigenvalue weighted by molar-refractivity contribution is 6.00. The lowest BCUT2D eigenvalue weighted by atomic mass is 9.86. The van der Waals surface area contributed by atoms with E-state index in [0.29, 0.717) is 18.3 Å². The van der Waals surface area contributed by atoms with E-state index < -0.39 is 22.7 Å². The van der Waals surface area contributed by atoms with Crippen molar-refractivity contribution in [2.75, 3.05) is 17.2 Å². The number of aryl methyl sites for hydroxylation is 1. The molecule has 232 valence electrons. The molecule has 3 heterocycles.